The largest absolute Gasteiger partial charge is 0.373 e. The minimum absolute atomic E-state index is 0.137. The van der Waals surface area contributed by atoms with Crippen LogP contribution in [0.1, 0.15) is 18.4 Å². The molecule has 0 atom stereocenters. The van der Waals surface area contributed by atoms with Gasteiger partial charge in [0.1, 0.15) is 5.82 Å². The first-order valence-corrected chi connectivity index (χ1v) is 12.7. The van der Waals surface area contributed by atoms with Crippen LogP contribution in [0.5, 0.6) is 0 Å². The summed E-state index contributed by atoms with van der Waals surface area (Å²) < 4.78 is 2.13. The van der Waals surface area contributed by atoms with Crippen molar-refractivity contribution in [3.05, 3.63) is 59.9 Å². The number of amides is 1. The fourth-order valence-corrected chi connectivity index (χ4v) is 4.16. The molecule has 1 amide bonds. The van der Waals surface area contributed by atoms with Crippen molar-refractivity contribution in [1.29, 1.82) is 0 Å². The van der Waals surface area contributed by atoms with Gasteiger partial charge in [-0.25, -0.2) is 4.98 Å². The topological polar surface area (TPSA) is 57.3 Å². The molecule has 7 heteroatoms. The van der Waals surface area contributed by atoms with Gasteiger partial charge >= 0.3 is 0 Å². The summed E-state index contributed by atoms with van der Waals surface area (Å²) in [5.74, 6) is 0.732. The maximum Gasteiger partial charge on any atom is 0.255 e. The number of halogens is 2. The number of alkyl halides is 2. The number of rotatable bonds is 10. The Balaban J connectivity index is 2.38. The Morgan fingerprint density at radius 1 is 1.10 bits per heavy atom. The van der Waals surface area contributed by atoms with Crippen LogP contribution in [0.3, 0.4) is 0 Å². The summed E-state index contributed by atoms with van der Waals surface area (Å²) in [6.07, 6.45) is 18.1. The molecular formula is C22H28I2N4O. The van der Waals surface area contributed by atoms with Crippen LogP contribution in [0.25, 0.3) is 0 Å². The van der Waals surface area contributed by atoms with Crippen LogP contribution < -0.4 is 15.5 Å². The van der Waals surface area contributed by atoms with Gasteiger partial charge in [-0.1, -0.05) is 75.6 Å². The van der Waals surface area contributed by atoms with Gasteiger partial charge in [0.25, 0.3) is 5.91 Å². The first kappa shape index (κ1) is 23.9. The van der Waals surface area contributed by atoms with Crippen molar-refractivity contribution in [2.75, 3.05) is 45.0 Å². The molecule has 156 valence electrons. The molecule has 2 N–H and O–H groups in total. The molecule has 2 rings (SSSR count). The highest BCUT2D eigenvalue weighted by molar-refractivity contribution is 14.1. The van der Waals surface area contributed by atoms with E-state index < -0.39 is 0 Å². The molecule has 0 saturated carbocycles. The van der Waals surface area contributed by atoms with Crippen LogP contribution in [0.15, 0.2) is 54.3 Å². The summed E-state index contributed by atoms with van der Waals surface area (Å²) in [6, 6.07) is 0. The van der Waals surface area contributed by atoms with E-state index in [0.717, 1.165) is 51.0 Å². The normalized spacial score (nSPS) is 18.0. The molecule has 0 aromatic carbocycles. The van der Waals surface area contributed by atoms with Gasteiger partial charge in [-0.2, -0.15) is 0 Å². The zero-order valence-electron chi connectivity index (χ0n) is 16.9. The second-order valence-corrected chi connectivity index (χ2v) is 8.72. The lowest BCUT2D eigenvalue weighted by molar-refractivity contribution is -0.112. The van der Waals surface area contributed by atoms with E-state index in [0.29, 0.717) is 5.57 Å². The molecule has 29 heavy (non-hydrogen) atoms. The number of allylic oxidation sites excluding steroid dienone is 6. The Hall–Kier alpha value is -1.36. The zero-order chi connectivity index (χ0) is 21.1. The number of carbonyl (C=O) groups is 1. The zero-order valence-corrected chi connectivity index (χ0v) is 21.2. The SMILES string of the molecule is CNc1ncc(NC(=O)C2=C/C=C\C=C/C=C\2)c(N(C)CCCCI)c1CCI. The Labute approximate surface area is 201 Å². The third-order valence-electron chi connectivity index (χ3n) is 4.50. The van der Waals surface area contributed by atoms with Gasteiger partial charge in [0.2, 0.25) is 0 Å². The first-order chi connectivity index (χ1) is 14.1. The summed E-state index contributed by atoms with van der Waals surface area (Å²) in [7, 11) is 3.98. The molecule has 0 bridgehead atoms. The minimum atomic E-state index is -0.137. The lowest BCUT2D eigenvalue weighted by atomic mass is 10.1. The van der Waals surface area contributed by atoms with E-state index in [1.54, 1.807) is 6.20 Å². The summed E-state index contributed by atoms with van der Waals surface area (Å²) in [5.41, 5.74) is 3.55. The molecule has 0 unspecified atom stereocenters. The molecule has 0 saturated heterocycles. The van der Waals surface area contributed by atoms with E-state index in [1.807, 2.05) is 49.6 Å². The maximum atomic E-state index is 12.9. The number of nitrogens with one attached hydrogen (secondary N) is 2. The van der Waals surface area contributed by atoms with E-state index in [-0.39, 0.29) is 5.91 Å². The van der Waals surface area contributed by atoms with Crippen molar-refractivity contribution in [3.8, 4) is 0 Å². The molecule has 1 aromatic heterocycles. The highest BCUT2D eigenvalue weighted by Gasteiger charge is 2.19. The van der Waals surface area contributed by atoms with Gasteiger partial charge in [0.05, 0.1) is 17.6 Å². The fraction of sp³-hybridized carbons (Fsp3) is 0.364. The van der Waals surface area contributed by atoms with Crippen LogP contribution in [0.2, 0.25) is 0 Å². The van der Waals surface area contributed by atoms with Crippen LogP contribution in [0.4, 0.5) is 17.2 Å². The van der Waals surface area contributed by atoms with E-state index in [1.165, 1.54) is 6.42 Å². The molecule has 0 aliphatic heterocycles. The molecule has 1 aliphatic rings. The van der Waals surface area contributed by atoms with Gasteiger partial charge in [0, 0.05) is 36.2 Å². The maximum absolute atomic E-state index is 12.9. The molecule has 1 heterocycles. The standard InChI is InChI=1S/C22H28I2N4O/c1-25-21-18(12-14-24)20(28(2)15-9-8-13-23)19(16-26-21)27-22(29)17-10-6-4-3-5-7-11-17/h3-7,10-11,16H,8-9,12-15H2,1-2H3,(H,25,26)(H,27,29)/b4-3-,5-3?,6-4?,7-5-,10-6-,11-7?,17-10?,17-11+. The Bertz CT molecular complexity index is 815. The third kappa shape index (κ3) is 7.13. The minimum Gasteiger partial charge on any atom is -0.373 e. The number of nitrogens with zero attached hydrogens (tertiary/aromatic N) is 2. The number of pyridine rings is 1. The van der Waals surface area contributed by atoms with Crippen LogP contribution in [-0.4, -0.2) is 40.4 Å². The monoisotopic (exact) mass is 618 g/mol. The van der Waals surface area contributed by atoms with Crippen molar-refractivity contribution in [3.63, 3.8) is 0 Å². The lowest BCUT2D eigenvalue weighted by Gasteiger charge is -2.27. The van der Waals surface area contributed by atoms with E-state index in [4.69, 9.17) is 0 Å². The molecule has 5 nitrogen and oxygen atoms in total. The first-order valence-electron chi connectivity index (χ1n) is 9.68. The van der Waals surface area contributed by atoms with E-state index in [2.05, 4.69) is 72.7 Å². The van der Waals surface area contributed by atoms with Crippen molar-refractivity contribution in [1.82, 2.24) is 4.98 Å². The summed E-state index contributed by atoms with van der Waals surface area (Å²) in [5, 5.41) is 6.31. The van der Waals surface area contributed by atoms with Gasteiger partial charge < -0.3 is 15.5 Å². The van der Waals surface area contributed by atoms with Gasteiger partial charge in [0.15, 0.2) is 0 Å². The number of hydrogen-bond donors (Lipinski definition) is 2. The highest BCUT2D eigenvalue weighted by atomic mass is 127. The van der Waals surface area contributed by atoms with Crippen LogP contribution in [0, 0.1) is 0 Å². The van der Waals surface area contributed by atoms with Crippen LogP contribution in [-0.2, 0) is 11.2 Å². The summed E-state index contributed by atoms with van der Waals surface area (Å²) in [6.45, 7) is 0.934. The number of aromatic nitrogens is 1. The summed E-state index contributed by atoms with van der Waals surface area (Å²) >= 11 is 4.80. The number of carbonyl (C=O) groups excluding carboxylic acids is 1. The number of anilines is 3. The Kier molecular flexibility index (Phi) is 10.8. The van der Waals surface area contributed by atoms with E-state index >= 15 is 0 Å². The smallest absolute Gasteiger partial charge is 0.255 e. The number of hydrogen-bond acceptors (Lipinski definition) is 4. The Morgan fingerprint density at radius 2 is 1.86 bits per heavy atom. The predicted octanol–water partition coefficient (Wildman–Crippen LogP) is 5.30. The Morgan fingerprint density at radius 3 is 2.59 bits per heavy atom. The van der Waals surface area contributed by atoms with Gasteiger partial charge in [-0.05, 0) is 35.8 Å². The molecule has 1 aromatic rings. The van der Waals surface area contributed by atoms with Gasteiger partial charge in [-0.3, -0.25) is 4.79 Å². The summed E-state index contributed by atoms with van der Waals surface area (Å²) in [4.78, 5) is 19.8. The third-order valence-corrected chi connectivity index (χ3v) is 5.80. The molecule has 0 fully saturated rings. The fourth-order valence-electron chi connectivity index (χ4n) is 3.08. The van der Waals surface area contributed by atoms with Crippen molar-refractivity contribution in [2.24, 2.45) is 0 Å². The highest BCUT2D eigenvalue weighted by Crippen LogP contribution is 2.34. The van der Waals surface area contributed by atoms with Gasteiger partial charge in [-0.15, -0.1) is 0 Å². The van der Waals surface area contributed by atoms with Crippen molar-refractivity contribution >= 4 is 68.3 Å². The number of unbranched alkanes of at least 4 members (excludes halogenated alkanes) is 1. The van der Waals surface area contributed by atoms with Crippen molar-refractivity contribution in [2.45, 2.75) is 19.3 Å². The predicted molar refractivity (Wildman–Crippen MR) is 142 cm³/mol. The average molecular weight is 618 g/mol. The second kappa shape index (κ2) is 13.0. The lowest BCUT2D eigenvalue weighted by Crippen LogP contribution is -2.24. The quantitative estimate of drug-likeness (QED) is 0.213. The average Bonchev–Trinajstić information content (AvgIpc) is 2.68. The van der Waals surface area contributed by atoms with Crippen LogP contribution >= 0.6 is 45.2 Å². The molecular weight excluding hydrogens is 590 g/mol. The van der Waals surface area contributed by atoms with E-state index in [9.17, 15) is 4.79 Å². The molecule has 0 spiro atoms. The molecule has 1 aliphatic carbocycles. The van der Waals surface area contributed by atoms with Crippen molar-refractivity contribution < 1.29 is 4.79 Å². The second-order valence-electron chi connectivity index (χ2n) is 6.56. The molecule has 0 radical (unpaired) electrons.